The Labute approximate surface area is 119 Å². The number of hydrazone groups is 1. The highest BCUT2D eigenvalue weighted by atomic mass is 16.4. The van der Waals surface area contributed by atoms with Crippen molar-refractivity contribution >= 4 is 24.2 Å². The van der Waals surface area contributed by atoms with E-state index >= 15 is 0 Å². The van der Waals surface area contributed by atoms with Crippen LogP contribution in [-0.4, -0.2) is 58.4 Å². The standard InChI is InChI=1S/C12H14N4O5/c1-8(10(17)18)14-11(19)15-4-5-16(12(15)20)13-7-9-3-2-6-21-9/h2-3,6-8H,4-5H2,1H3,(H,14,19)(H,17,18)/t8-/m1/s1. The van der Waals surface area contributed by atoms with Gasteiger partial charge in [-0.05, 0) is 19.1 Å². The lowest BCUT2D eigenvalue weighted by Crippen LogP contribution is -2.47. The fourth-order valence-electron chi connectivity index (χ4n) is 1.64. The minimum atomic E-state index is -1.18. The van der Waals surface area contributed by atoms with Crippen molar-refractivity contribution in [2.75, 3.05) is 13.1 Å². The molecule has 2 heterocycles. The minimum Gasteiger partial charge on any atom is -0.480 e. The second kappa shape index (κ2) is 6.07. The normalized spacial score (nSPS) is 16.5. The molecule has 1 aromatic heterocycles. The van der Waals surface area contributed by atoms with Gasteiger partial charge in [-0.15, -0.1) is 0 Å². The predicted octanol–water partition coefficient (Wildman–Crippen LogP) is 0.534. The van der Waals surface area contributed by atoms with E-state index in [0.717, 1.165) is 9.91 Å². The van der Waals surface area contributed by atoms with Gasteiger partial charge in [0.05, 0.1) is 25.6 Å². The van der Waals surface area contributed by atoms with Crippen LogP contribution >= 0.6 is 0 Å². The number of nitrogens with zero attached hydrogens (tertiary/aromatic N) is 3. The average molecular weight is 294 g/mol. The van der Waals surface area contributed by atoms with Crippen LogP contribution in [-0.2, 0) is 4.79 Å². The molecule has 1 saturated heterocycles. The zero-order valence-electron chi connectivity index (χ0n) is 11.2. The molecular formula is C12H14N4O5. The molecule has 1 aliphatic heterocycles. The van der Waals surface area contributed by atoms with Crippen LogP contribution in [0.1, 0.15) is 12.7 Å². The summed E-state index contributed by atoms with van der Waals surface area (Å²) in [5.74, 6) is -0.701. The third-order valence-electron chi connectivity index (χ3n) is 2.81. The quantitative estimate of drug-likeness (QED) is 0.786. The van der Waals surface area contributed by atoms with Crippen molar-refractivity contribution in [1.82, 2.24) is 15.2 Å². The van der Waals surface area contributed by atoms with Crippen LogP contribution in [0.4, 0.5) is 9.59 Å². The molecule has 0 bridgehead atoms. The summed E-state index contributed by atoms with van der Waals surface area (Å²) < 4.78 is 5.04. The molecule has 1 atom stereocenters. The van der Waals surface area contributed by atoms with Gasteiger partial charge >= 0.3 is 18.0 Å². The smallest absolute Gasteiger partial charge is 0.348 e. The highest BCUT2D eigenvalue weighted by Crippen LogP contribution is 2.10. The monoisotopic (exact) mass is 294 g/mol. The van der Waals surface area contributed by atoms with E-state index in [4.69, 9.17) is 9.52 Å². The highest BCUT2D eigenvalue weighted by molar-refractivity contribution is 5.96. The van der Waals surface area contributed by atoms with E-state index in [-0.39, 0.29) is 13.1 Å². The minimum absolute atomic E-state index is 0.131. The van der Waals surface area contributed by atoms with E-state index in [1.165, 1.54) is 19.4 Å². The molecule has 1 fully saturated rings. The number of imide groups is 1. The fourth-order valence-corrected chi connectivity index (χ4v) is 1.64. The molecule has 1 aliphatic rings. The molecule has 21 heavy (non-hydrogen) atoms. The summed E-state index contributed by atoms with van der Waals surface area (Å²) in [6, 6.07) is 0.896. The largest absolute Gasteiger partial charge is 0.480 e. The van der Waals surface area contributed by atoms with E-state index in [1.54, 1.807) is 12.1 Å². The molecule has 0 aromatic carbocycles. The Bertz CT molecular complexity index is 568. The zero-order chi connectivity index (χ0) is 15.4. The summed E-state index contributed by atoms with van der Waals surface area (Å²) in [6.45, 7) is 1.67. The lowest BCUT2D eigenvalue weighted by molar-refractivity contribution is -0.138. The van der Waals surface area contributed by atoms with Gasteiger partial charge in [0, 0.05) is 0 Å². The Hall–Kier alpha value is -2.84. The molecule has 2 N–H and O–H groups in total. The van der Waals surface area contributed by atoms with Crippen LogP contribution in [0.2, 0.25) is 0 Å². The maximum Gasteiger partial charge on any atom is 0.348 e. The molecule has 0 spiro atoms. The second-order valence-electron chi connectivity index (χ2n) is 4.33. The first kappa shape index (κ1) is 14.6. The molecule has 0 radical (unpaired) electrons. The summed E-state index contributed by atoms with van der Waals surface area (Å²) in [6.07, 6.45) is 2.83. The van der Waals surface area contributed by atoms with Gasteiger partial charge in [0.15, 0.2) is 0 Å². The molecule has 2 rings (SSSR count). The molecule has 9 nitrogen and oxygen atoms in total. The molecule has 0 aliphatic carbocycles. The van der Waals surface area contributed by atoms with Crippen molar-refractivity contribution < 1.29 is 23.9 Å². The summed E-state index contributed by atoms with van der Waals surface area (Å²) in [7, 11) is 0. The van der Waals surface area contributed by atoms with Gasteiger partial charge in [0.1, 0.15) is 11.8 Å². The number of urea groups is 2. The number of hydrogen-bond donors (Lipinski definition) is 2. The van der Waals surface area contributed by atoms with Crippen molar-refractivity contribution in [3.63, 3.8) is 0 Å². The van der Waals surface area contributed by atoms with Gasteiger partial charge in [-0.1, -0.05) is 0 Å². The van der Waals surface area contributed by atoms with E-state index in [9.17, 15) is 14.4 Å². The van der Waals surface area contributed by atoms with Gasteiger partial charge in [0.25, 0.3) is 0 Å². The van der Waals surface area contributed by atoms with Crippen LogP contribution in [0.15, 0.2) is 27.9 Å². The van der Waals surface area contributed by atoms with E-state index in [1.807, 2.05) is 0 Å². The number of carbonyl (C=O) groups is 3. The van der Waals surface area contributed by atoms with E-state index < -0.39 is 24.1 Å². The number of carboxylic acid groups (broad SMARTS) is 1. The van der Waals surface area contributed by atoms with Crippen molar-refractivity contribution in [3.8, 4) is 0 Å². The maximum absolute atomic E-state index is 12.0. The molecule has 1 aromatic rings. The predicted molar refractivity (Wildman–Crippen MR) is 70.7 cm³/mol. The Balaban J connectivity index is 1.95. The van der Waals surface area contributed by atoms with Crippen LogP contribution in [0.3, 0.4) is 0 Å². The molecule has 0 saturated carbocycles. The van der Waals surface area contributed by atoms with Gasteiger partial charge < -0.3 is 14.8 Å². The number of furan rings is 1. The molecule has 0 unspecified atom stereocenters. The van der Waals surface area contributed by atoms with Gasteiger partial charge in [0.2, 0.25) is 0 Å². The Morgan fingerprint density at radius 2 is 2.29 bits per heavy atom. The fraction of sp³-hybridized carbons (Fsp3) is 0.333. The van der Waals surface area contributed by atoms with Crippen molar-refractivity contribution in [2.45, 2.75) is 13.0 Å². The number of rotatable bonds is 4. The summed E-state index contributed by atoms with van der Waals surface area (Å²) in [4.78, 5) is 35.3. The Morgan fingerprint density at radius 1 is 1.52 bits per heavy atom. The van der Waals surface area contributed by atoms with E-state index in [0.29, 0.717) is 5.76 Å². The zero-order valence-corrected chi connectivity index (χ0v) is 11.2. The summed E-state index contributed by atoms with van der Waals surface area (Å²) in [5.41, 5.74) is 0. The summed E-state index contributed by atoms with van der Waals surface area (Å²) >= 11 is 0. The van der Waals surface area contributed by atoms with Crippen LogP contribution in [0.25, 0.3) is 0 Å². The van der Waals surface area contributed by atoms with Crippen molar-refractivity contribution in [1.29, 1.82) is 0 Å². The first-order chi connectivity index (χ1) is 9.99. The summed E-state index contributed by atoms with van der Waals surface area (Å²) in [5, 5.41) is 16.0. The van der Waals surface area contributed by atoms with Crippen LogP contribution in [0.5, 0.6) is 0 Å². The molecule has 112 valence electrons. The average Bonchev–Trinajstić information content (AvgIpc) is 3.05. The first-order valence-corrected chi connectivity index (χ1v) is 6.19. The number of hydrogen-bond acceptors (Lipinski definition) is 5. The Kier molecular flexibility index (Phi) is 4.21. The first-order valence-electron chi connectivity index (χ1n) is 6.19. The molecule has 4 amide bonds. The molecular weight excluding hydrogens is 280 g/mol. The van der Waals surface area contributed by atoms with Crippen molar-refractivity contribution in [2.24, 2.45) is 5.10 Å². The lowest BCUT2D eigenvalue weighted by atomic mass is 10.3. The number of carboxylic acids is 1. The number of carbonyl (C=O) groups excluding carboxylic acids is 2. The third-order valence-corrected chi connectivity index (χ3v) is 2.81. The van der Waals surface area contributed by atoms with E-state index in [2.05, 4.69) is 10.4 Å². The topological polar surface area (TPSA) is 115 Å². The van der Waals surface area contributed by atoms with Crippen LogP contribution < -0.4 is 5.32 Å². The Morgan fingerprint density at radius 3 is 2.90 bits per heavy atom. The number of nitrogens with one attached hydrogen (secondary N) is 1. The third kappa shape index (κ3) is 3.38. The number of aliphatic carboxylic acids is 1. The van der Waals surface area contributed by atoms with Gasteiger partial charge in [-0.3, -0.25) is 4.79 Å². The number of amides is 4. The molecule has 9 heteroatoms. The highest BCUT2D eigenvalue weighted by Gasteiger charge is 2.34. The maximum atomic E-state index is 12.0. The van der Waals surface area contributed by atoms with Crippen molar-refractivity contribution in [3.05, 3.63) is 24.2 Å². The SMILES string of the molecule is C[C@@H](NC(=O)N1CCN(N=Cc2ccco2)C1=O)C(=O)O. The second-order valence-corrected chi connectivity index (χ2v) is 4.33. The lowest BCUT2D eigenvalue weighted by Gasteiger charge is -2.16. The van der Waals surface area contributed by atoms with Crippen LogP contribution in [0, 0.1) is 0 Å². The van der Waals surface area contributed by atoms with Gasteiger partial charge in [-0.2, -0.15) is 5.10 Å². The van der Waals surface area contributed by atoms with Gasteiger partial charge in [-0.25, -0.2) is 19.5 Å².